The van der Waals surface area contributed by atoms with E-state index in [0.29, 0.717) is 13.2 Å². The number of ether oxygens (including phenoxy) is 2. The number of aliphatic hydroxyl groups is 1. The van der Waals surface area contributed by atoms with Gasteiger partial charge in [0.2, 0.25) is 0 Å². The molecule has 1 aromatic rings. The van der Waals surface area contributed by atoms with Crippen LogP contribution in [0.5, 0.6) is 0 Å². The Bertz CT molecular complexity index is 345. The monoisotopic (exact) mass is 236 g/mol. The highest BCUT2D eigenvalue weighted by Gasteiger charge is 2.23. The van der Waals surface area contributed by atoms with Crippen LogP contribution in [0.2, 0.25) is 0 Å². The molecule has 1 N–H and O–H groups in total. The van der Waals surface area contributed by atoms with Crippen molar-refractivity contribution < 1.29 is 14.6 Å². The molecule has 1 fully saturated rings. The number of hydrogen-bond donors (Lipinski definition) is 1. The molecular formula is C14H20O3. The van der Waals surface area contributed by atoms with Crippen LogP contribution in [0.4, 0.5) is 0 Å². The van der Waals surface area contributed by atoms with Gasteiger partial charge < -0.3 is 14.6 Å². The third-order valence-electron chi connectivity index (χ3n) is 3.25. The van der Waals surface area contributed by atoms with Crippen molar-refractivity contribution in [2.75, 3.05) is 20.3 Å². The molecular weight excluding hydrogens is 216 g/mol. The Morgan fingerprint density at radius 1 is 1.53 bits per heavy atom. The Kier molecular flexibility index (Phi) is 4.54. The zero-order valence-electron chi connectivity index (χ0n) is 10.3. The molecule has 1 heterocycles. The van der Waals surface area contributed by atoms with E-state index in [1.54, 1.807) is 7.11 Å². The minimum Gasteiger partial charge on any atom is -0.388 e. The lowest BCUT2D eigenvalue weighted by Crippen LogP contribution is -2.23. The summed E-state index contributed by atoms with van der Waals surface area (Å²) >= 11 is 0. The highest BCUT2D eigenvalue weighted by molar-refractivity contribution is 5.25. The summed E-state index contributed by atoms with van der Waals surface area (Å²) in [5, 5.41) is 10.3. The molecule has 94 valence electrons. The lowest BCUT2D eigenvalue weighted by Gasteiger charge is -2.27. The van der Waals surface area contributed by atoms with Crippen LogP contribution in [-0.2, 0) is 16.1 Å². The molecule has 3 heteroatoms. The van der Waals surface area contributed by atoms with E-state index in [1.807, 2.05) is 24.3 Å². The van der Waals surface area contributed by atoms with Crippen molar-refractivity contribution in [3.63, 3.8) is 0 Å². The van der Waals surface area contributed by atoms with Gasteiger partial charge in [-0.05, 0) is 24.0 Å². The maximum Gasteiger partial charge on any atom is 0.0840 e. The first-order valence-corrected chi connectivity index (χ1v) is 6.15. The first-order valence-electron chi connectivity index (χ1n) is 6.15. The van der Waals surface area contributed by atoms with Gasteiger partial charge in [0.25, 0.3) is 0 Å². The first-order chi connectivity index (χ1) is 8.31. The second-order valence-corrected chi connectivity index (χ2v) is 4.60. The van der Waals surface area contributed by atoms with Gasteiger partial charge in [0.15, 0.2) is 0 Å². The fraction of sp³-hybridized carbons (Fsp3) is 0.571. The summed E-state index contributed by atoms with van der Waals surface area (Å²) in [6, 6.07) is 7.97. The molecule has 0 aromatic heterocycles. The maximum absolute atomic E-state index is 10.3. The lowest BCUT2D eigenvalue weighted by molar-refractivity contribution is -0.0100. The fourth-order valence-corrected chi connectivity index (χ4v) is 2.32. The summed E-state index contributed by atoms with van der Waals surface area (Å²) < 4.78 is 10.5. The number of aliphatic hydroxyl groups excluding tert-OH is 1. The summed E-state index contributed by atoms with van der Waals surface area (Å²) in [5.41, 5.74) is 2.07. The molecule has 0 saturated carbocycles. The quantitative estimate of drug-likeness (QED) is 0.871. The molecule has 2 unspecified atom stereocenters. The Hall–Kier alpha value is -0.900. The van der Waals surface area contributed by atoms with E-state index in [1.165, 1.54) is 0 Å². The predicted octanol–water partition coefficient (Wildman–Crippen LogP) is 2.29. The van der Waals surface area contributed by atoms with Crippen molar-refractivity contribution in [2.24, 2.45) is 5.92 Å². The fourth-order valence-electron chi connectivity index (χ4n) is 2.32. The highest BCUT2D eigenvalue weighted by atomic mass is 16.5. The summed E-state index contributed by atoms with van der Waals surface area (Å²) in [6.07, 6.45) is 1.65. The number of methoxy groups -OCH3 is 1. The molecule has 1 aliphatic heterocycles. The summed E-state index contributed by atoms with van der Waals surface area (Å²) in [5.74, 6) is 0.224. The minimum atomic E-state index is -0.424. The molecule has 0 spiro atoms. The van der Waals surface area contributed by atoms with Crippen LogP contribution in [0.1, 0.15) is 30.1 Å². The molecule has 1 saturated heterocycles. The Labute approximate surface area is 102 Å². The van der Waals surface area contributed by atoms with Crippen LogP contribution in [-0.4, -0.2) is 25.4 Å². The second kappa shape index (κ2) is 6.15. The molecule has 17 heavy (non-hydrogen) atoms. The van der Waals surface area contributed by atoms with Gasteiger partial charge in [-0.1, -0.05) is 24.3 Å². The molecule has 0 radical (unpaired) electrons. The van der Waals surface area contributed by atoms with Crippen LogP contribution >= 0.6 is 0 Å². The minimum absolute atomic E-state index is 0.224. The number of benzene rings is 1. The van der Waals surface area contributed by atoms with Crippen LogP contribution < -0.4 is 0 Å². The predicted molar refractivity (Wildman–Crippen MR) is 65.7 cm³/mol. The van der Waals surface area contributed by atoms with Crippen molar-refractivity contribution in [3.8, 4) is 0 Å². The van der Waals surface area contributed by atoms with E-state index in [0.717, 1.165) is 30.6 Å². The average molecular weight is 236 g/mol. The van der Waals surface area contributed by atoms with Gasteiger partial charge in [-0.2, -0.15) is 0 Å². The van der Waals surface area contributed by atoms with Crippen LogP contribution in [0.25, 0.3) is 0 Å². The van der Waals surface area contributed by atoms with Gasteiger partial charge in [0.1, 0.15) is 0 Å². The number of hydrogen-bond acceptors (Lipinski definition) is 3. The van der Waals surface area contributed by atoms with Gasteiger partial charge in [-0.3, -0.25) is 0 Å². The Morgan fingerprint density at radius 2 is 2.41 bits per heavy atom. The second-order valence-electron chi connectivity index (χ2n) is 4.60. The zero-order chi connectivity index (χ0) is 12.1. The Morgan fingerprint density at radius 3 is 3.12 bits per heavy atom. The summed E-state index contributed by atoms with van der Waals surface area (Å²) in [7, 11) is 1.68. The smallest absolute Gasteiger partial charge is 0.0840 e. The van der Waals surface area contributed by atoms with E-state index < -0.39 is 6.10 Å². The van der Waals surface area contributed by atoms with E-state index in [4.69, 9.17) is 9.47 Å². The van der Waals surface area contributed by atoms with Crippen molar-refractivity contribution >= 4 is 0 Å². The van der Waals surface area contributed by atoms with E-state index in [2.05, 4.69) is 0 Å². The first kappa shape index (κ1) is 12.6. The van der Waals surface area contributed by atoms with Crippen molar-refractivity contribution in [1.29, 1.82) is 0 Å². The van der Waals surface area contributed by atoms with Crippen LogP contribution in [0.3, 0.4) is 0 Å². The molecule has 0 amide bonds. The highest BCUT2D eigenvalue weighted by Crippen LogP contribution is 2.29. The summed E-state index contributed by atoms with van der Waals surface area (Å²) in [4.78, 5) is 0. The summed E-state index contributed by atoms with van der Waals surface area (Å²) in [6.45, 7) is 2.07. The van der Waals surface area contributed by atoms with Crippen molar-refractivity contribution in [2.45, 2.75) is 25.6 Å². The largest absolute Gasteiger partial charge is 0.388 e. The zero-order valence-corrected chi connectivity index (χ0v) is 10.3. The topological polar surface area (TPSA) is 38.7 Å². The maximum atomic E-state index is 10.3. The van der Waals surface area contributed by atoms with Gasteiger partial charge in [-0.15, -0.1) is 0 Å². The molecule has 1 aliphatic rings. The normalized spacial score (nSPS) is 22.4. The molecule has 1 aromatic carbocycles. The van der Waals surface area contributed by atoms with E-state index in [-0.39, 0.29) is 5.92 Å². The van der Waals surface area contributed by atoms with Crippen LogP contribution in [0.15, 0.2) is 24.3 Å². The van der Waals surface area contributed by atoms with Crippen LogP contribution in [0, 0.1) is 5.92 Å². The van der Waals surface area contributed by atoms with E-state index >= 15 is 0 Å². The average Bonchev–Trinajstić information content (AvgIpc) is 2.40. The van der Waals surface area contributed by atoms with Crippen molar-refractivity contribution in [1.82, 2.24) is 0 Å². The molecule has 0 bridgehead atoms. The third-order valence-corrected chi connectivity index (χ3v) is 3.25. The standard InChI is InChI=1S/C14H20O3/c1-16-9-11-4-2-5-12(8-11)14(15)13-6-3-7-17-10-13/h2,4-5,8,13-15H,3,6-7,9-10H2,1H3. The molecule has 2 rings (SSSR count). The van der Waals surface area contributed by atoms with Gasteiger partial charge in [0, 0.05) is 19.6 Å². The molecule has 0 aliphatic carbocycles. The van der Waals surface area contributed by atoms with Gasteiger partial charge in [-0.25, -0.2) is 0 Å². The van der Waals surface area contributed by atoms with Gasteiger partial charge in [0.05, 0.1) is 19.3 Å². The van der Waals surface area contributed by atoms with E-state index in [9.17, 15) is 5.11 Å². The molecule has 2 atom stereocenters. The number of rotatable bonds is 4. The Balaban J connectivity index is 2.06. The third kappa shape index (κ3) is 3.28. The lowest BCUT2D eigenvalue weighted by atomic mass is 9.90. The van der Waals surface area contributed by atoms with Gasteiger partial charge >= 0.3 is 0 Å². The molecule has 3 nitrogen and oxygen atoms in total. The van der Waals surface area contributed by atoms with Crippen molar-refractivity contribution in [3.05, 3.63) is 35.4 Å². The SMILES string of the molecule is COCc1cccc(C(O)C2CCCOC2)c1.